The van der Waals surface area contributed by atoms with Gasteiger partial charge >= 0.3 is 6.01 Å². The molecule has 2 aliphatic heterocycles. The van der Waals surface area contributed by atoms with Crippen molar-refractivity contribution in [2.75, 3.05) is 6.61 Å². The van der Waals surface area contributed by atoms with Gasteiger partial charge < -0.3 is 21.5 Å². The molecule has 1 fully saturated rings. The molecular formula is C18H18ClN5O3S. The van der Waals surface area contributed by atoms with Crippen molar-refractivity contribution in [2.45, 2.75) is 35.2 Å². The number of hydrogen-bond acceptors (Lipinski definition) is 7. The first-order valence-electron chi connectivity index (χ1n) is 8.74. The average molecular weight is 420 g/mol. The SMILES string of the molecule is NC(=O)C1Sc2nc(OC[C@@H]3CCC(=O)N3)nc(-c3cccc(Cl)c3)c2C1N. The van der Waals surface area contributed by atoms with Crippen LogP contribution in [-0.4, -0.2) is 39.7 Å². The maximum Gasteiger partial charge on any atom is 0.318 e. The molecule has 5 N–H and O–H groups in total. The third-order valence-electron chi connectivity index (χ3n) is 4.67. The van der Waals surface area contributed by atoms with Crippen LogP contribution in [-0.2, 0) is 9.59 Å². The molecule has 0 aliphatic carbocycles. The van der Waals surface area contributed by atoms with E-state index in [2.05, 4.69) is 15.3 Å². The van der Waals surface area contributed by atoms with Crippen molar-refractivity contribution in [3.63, 3.8) is 0 Å². The molecule has 28 heavy (non-hydrogen) atoms. The number of halogens is 1. The first-order valence-corrected chi connectivity index (χ1v) is 9.99. The molecular weight excluding hydrogens is 402 g/mol. The molecule has 2 aromatic rings. The van der Waals surface area contributed by atoms with Crippen molar-refractivity contribution in [2.24, 2.45) is 11.5 Å². The quantitative estimate of drug-likeness (QED) is 0.624. The Kier molecular flexibility index (Phi) is 5.13. The molecule has 146 valence electrons. The van der Waals surface area contributed by atoms with Crippen molar-refractivity contribution in [1.82, 2.24) is 15.3 Å². The van der Waals surface area contributed by atoms with Gasteiger partial charge in [-0.1, -0.05) is 35.5 Å². The van der Waals surface area contributed by atoms with Crippen LogP contribution in [0.15, 0.2) is 29.3 Å². The fourth-order valence-electron chi connectivity index (χ4n) is 3.30. The van der Waals surface area contributed by atoms with Crippen LogP contribution >= 0.6 is 23.4 Å². The number of fused-ring (bicyclic) bond motifs is 1. The maximum atomic E-state index is 11.8. The highest BCUT2D eigenvalue weighted by Crippen LogP contribution is 2.46. The summed E-state index contributed by atoms with van der Waals surface area (Å²) in [6.45, 7) is 0.259. The van der Waals surface area contributed by atoms with Crippen molar-refractivity contribution in [3.8, 4) is 17.3 Å². The summed E-state index contributed by atoms with van der Waals surface area (Å²) in [4.78, 5) is 32.1. The van der Waals surface area contributed by atoms with Crippen molar-refractivity contribution in [1.29, 1.82) is 0 Å². The molecule has 10 heteroatoms. The van der Waals surface area contributed by atoms with Crippen molar-refractivity contribution in [3.05, 3.63) is 34.9 Å². The van der Waals surface area contributed by atoms with Crippen LogP contribution in [0.2, 0.25) is 5.02 Å². The smallest absolute Gasteiger partial charge is 0.318 e. The van der Waals surface area contributed by atoms with Gasteiger partial charge in [0.15, 0.2) is 0 Å². The van der Waals surface area contributed by atoms with E-state index in [4.69, 9.17) is 27.8 Å². The van der Waals surface area contributed by atoms with Gasteiger partial charge in [-0.05, 0) is 18.6 Å². The predicted molar refractivity (Wildman–Crippen MR) is 105 cm³/mol. The Hall–Kier alpha value is -2.36. The number of hydrogen-bond donors (Lipinski definition) is 3. The molecule has 0 spiro atoms. The maximum absolute atomic E-state index is 11.8. The Bertz CT molecular complexity index is 957. The van der Waals surface area contributed by atoms with Crippen LogP contribution in [0.25, 0.3) is 11.3 Å². The van der Waals surface area contributed by atoms with E-state index < -0.39 is 17.2 Å². The molecule has 3 atom stereocenters. The number of primary amides is 1. The van der Waals surface area contributed by atoms with Gasteiger partial charge in [-0.25, -0.2) is 0 Å². The topological polar surface area (TPSA) is 133 Å². The second-order valence-corrected chi connectivity index (χ2v) is 8.23. The molecule has 2 amide bonds. The third-order valence-corrected chi connectivity index (χ3v) is 6.21. The molecule has 0 radical (unpaired) electrons. The molecule has 3 heterocycles. The lowest BCUT2D eigenvalue weighted by Gasteiger charge is -2.15. The zero-order chi connectivity index (χ0) is 19.8. The fraction of sp³-hybridized carbons (Fsp3) is 0.333. The summed E-state index contributed by atoms with van der Waals surface area (Å²) < 4.78 is 5.75. The number of benzene rings is 1. The largest absolute Gasteiger partial charge is 0.461 e. The third kappa shape index (κ3) is 3.65. The number of aromatic nitrogens is 2. The molecule has 1 aromatic heterocycles. The lowest BCUT2D eigenvalue weighted by Crippen LogP contribution is -2.33. The Morgan fingerprint density at radius 1 is 1.39 bits per heavy atom. The summed E-state index contributed by atoms with van der Waals surface area (Å²) in [5.41, 5.74) is 13.7. The van der Waals surface area contributed by atoms with Gasteiger partial charge in [-0.15, -0.1) is 0 Å². The monoisotopic (exact) mass is 419 g/mol. The normalized spacial score (nSPS) is 23.4. The Balaban J connectivity index is 1.70. The van der Waals surface area contributed by atoms with Gasteiger partial charge in [-0.3, -0.25) is 9.59 Å². The Labute approximate surface area is 170 Å². The molecule has 0 bridgehead atoms. The molecule has 8 nitrogen and oxygen atoms in total. The predicted octanol–water partition coefficient (Wildman–Crippen LogP) is 1.41. The van der Waals surface area contributed by atoms with Crippen LogP contribution in [0, 0.1) is 0 Å². The number of nitrogens with zero attached hydrogens (tertiary/aromatic N) is 2. The molecule has 2 unspecified atom stereocenters. The van der Waals surface area contributed by atoms with E-state index >= 15 is 0 Å². The molecule has 1 saturated heterocycles. The lowest BCUT2D eigenvalue weighted by atomic mass is 10.00. The number of nitrogens with two attached hydrogens (primary N) is 2. The highest BCUT2D eigenvalue weighted by atomic mass is 35.5. The van der Waals surface area contributed by atoms with E-state index in [1.54, 1.807) is 18.2 Å². The van der Waals surface area contributed by atoms with Crippen molar-refractivity contribution < 1.29 is 14.3 Å². The zero-order valence-electron chi connectivity index (χ0n) is 14.7. The summed E-state index contributed by atoms with van der Waals surface area (Å²) in [7, 11) is 0. The minimum absolute atomic E-state index is 0.00826. The first-order chi connectivity index (χ1) is 13.4. The zero-order valence-corrected chi connectivity index (χ0v) is 16.3. The van der Waals surface area contributed by atoms with Crippen LogP contribution < -0.4 is 21.5 Å². The van der Waals surface area contributed by atoms with Crippen LogP contribution in [0.3, 0.4) is 0 Å². The van der Waals surface area contributed by atoms with Gasteiger partial charge in [0.2, 0.25) is 11.8 Å². The van der Waals surface area contributed by atoms with Crippen LogP contribution in [0.1, 0.15) is 24.4 Å². The summed E-state index contributed by atoms with van der Waals surface area (Å²) in [5, 5.41) is 3.31. The number of carbonyl (C=O) groups excluding carboxylic acids is 2. The lowest BCUT2D eigenvalue weighted by molar-refractivity contribution is -0.119. The number of ether oxygens (including phenoxy) is 1. The first kappa shape index (κ1) is 19.0. The Morgan fingerprint density at radius 3 is 2.89 bits per heavy atom. The second kappa shape index (κ2) is 7.57. The standard InChI is InChI=1S/C18H18ClN5O3S/c19-9-3-1-2-8(6-9)14-12-13(20)15(16(21)26)28-17(12)24-18(23-14)27-7-10-4-5-11(25)22-10/h1-3,6,10,13,15H,4-5,7,20H2,(H2,21,26)(H,22,25)/t10-,13?,15?/m0/s1. The summed E-state index contributed by atoms with van der Waals surface area (Å²) in [5.74, 6) is -0.502. The number of thioether (sulfide) groups is 1. The van der Waals surface area contributed by atoms with E-state index in [1.165, 1.54) is 11.8 Å². The fourth-order valence-corrected chi connectivity index (χ4v) is 4.62. The van der Waals surface area contributed by atoms with E-state index in [0.29, 0.717) is 34.1 Å². The molecule has 2 aliphatic rings. The number of carbonyl (C=O) groups is 2. The number of rotatable bonds is 5. The molecule has 1 aromatic carbocycles. The molecule has 0 saturated carbocycles. The van der Waals surface area contributed by atoms with E-state index in [0.717, 1.165) is 5.56 Å². The minimum Gasteiger partial charge on any atom is -0.461 e. The van der Waals surface area contributed by atoms with Gasteiger partial charge in [0, 0.05) is 22.6 Å². The average Bonchev–Trinajstić information content (AvgIpc) is 3.22. The number of nitrogens with one attached hydrogen (secondary N) is 1. The van der Waals surface area contributed by atoms with Gasteiger partial charge in [-0.2, -0.15) is 9.97 Å². The Morgan fingerprint density at radius 2 is 2.21 bits per heavy atom. The summed E-state index contributed by atoms with van der Waals surface area (Å²) >= 11 is 7.34. The van der Waals surface area contributed by atoms with Gasteiger partial charge in [0.1, 0.15) is 16.9 Å². The van der Waals surface area contributed by atoms with Crippen LogP contribution in [0.5, 0.6) is 6.01 Å². The number of amides is 2. The van der Waals surface area contributed by atoms with Crippen molar-refractivity contribution >= 4 is 35.2 Å². The highest BCUT2D eigenvalue weighted by Gasteiger charge is 2.39. The highest BCUT2D eigenvalue weighted by molar-refractivity contribution is 8.01. The van der Waals surface area contributed by atoms with E-state index in [1.807, 2.05) is 6.07 Å². The summed E-state index contributed by atoms with van der Waals surface area (Å²) in [6.07, 6.45) is 1.19. The molecule has 4 rings (SSSR count). The summed E-state index contributed by atoms with van der Waals surface area (Å²) in [6, 6.07) is 6.62. The second-order valence-electron chi connectivity index (χ2n) is 6.66. The van der Waals surface area contributed by atoms with E-state index in [9.17, 15) is 9.59 Å². The van der Waals surface area contributed by atoms with Gasteiger partial charge in [0.05, 0.1) is 17.8 Å². The van der Waals surface area contributed by atoms with E-state index in [-0.39, 0.29) is 24.6 Å². The van der Waals surface area contributed by atoms with Crippen LogP contribution in [0.4, 0.5) is 0 Å². The minimum atomic E-state index is -0.633. The van der Waals surface area contributed by atoms with Gasteiger partial charge in [0.25, 0.3) is 0 Å².